The van der Waals surface area contributed by atoms with Crippen molar-refractivity contribution in [3.63, 3.8) is 0 Å². The molecule has 0 radical (unpaired) electrons. The maximum Gasteiger partial charge on any atom is 0.161 e. The predicted octanol–water partition coefficient (Wildman–Crippen LogP) is 2.35. The Kier molecular flexibility index (Phi) is 3.96. The van der Waals surface area contributed by atoms with E-state index in [0.29, 0.717) is 17.7 Å². The molecule has 1 aliphatic heterocycles. The molecule has 1 N–H and O–H groups in total. The Morgan fingerprint density at radius 2 is 2.39 bits per heavy atom. The first-order chi connectivity index (χ1) is 8.70. The van der Waals surface area contributed by atoms with Crippen LogP contribution < -0.4 is 5.32 Å². The SMILES string of the molecule is CC(=O)c1ccc(C#N)cc1NC1CCCOC1. The van der Waals surface area contributed by atoms with Gasteiger partial charge in [-0.25, -0.2) is 0 Å². The molecule has 1 aromatic carbocycles. The summed E-state index contributed by atoms with van der Waals surface area (Å²) in [5, 5.41) is 12.2. The van der Waals surface area contributed by atoms with Crippen LogP contribution >= 0.6 is 0 Å². The molecule has 1 heterocycles. The third-order valence-electron chi connectivity index (χ3n) is 3.05. The van der Waals surface area contributed by atoms with Crippen LogP contribution in [0.5, 0.6) is 0 Å². The normalized spacial score (nSPS) is 19.0. The number of rotatable bonds is 3. The largest absolute Gasteiger partial charge is 0.379 e. The molecule has 0 amide bonds. The Bertz CT molecular complexity index is 485. The Hall–Kier alpha value is -1.86. The van der Waals surface area contributed by atoms with Crippen molar-refractivity contribution in [2.24, 2.45) is 0 Å². The molecule has 0 aromatic heterocycles. The van der Waals surface area contributed by atoms with E-state index in [2.05, 4.69) is 11.4 Å². The number of ketones is 1. The molecule has 1 aromatic rings. The average molecular weight is 244 g/mol. The van der Waals surface area contributed by atoms with Crippen LogP contribution in [-0.4, -0.2) is 25.0 Å². The van der Waals surface area contributed by atoms with Gasteiger partial charge in [-0.2, -0.15) is 5.26 Å². The molecule has 4 heteroatoms. The molecular formula is C14H16N2O2. The monoisotopic (exact) mass is 244 g/mol. The van der Waals surface area contributed by atoms with Gasteiger partial charge in [-0.1, -0.05) is 0 Å². The van der Waals surface area contributed by atoms with Gasteiger partial charge in [-0.15, -0.1) is 0 Å². The van der Waals surface area contributed by atoms with E-state index in [0.717, 1.165) is 25.1 Å². The quantitative estimate of drug-likeness (QED) is 0.829. The van der Waals surface area contributed by atoms with Crippen molar-refractivity contribution in [2.75, 3.05) is 18.5 Å². The Morgan fingerprint density at radius 1 is 1.56 bits per heavy atom. The molecule has 1 fully saturated rings. The third kappa shape index (κ3) is 2.88. The first-order valence-electron chi connectivity index (χ1n) is 6.10. The zero-order valence-electron chi connectivity index (χ0n) is 10.4. The lowest BCUT2D eigenvalue weighted by molar-refractivity contribution is 0.0875. The van der Waals surface area contributed by atoms with E-state index in [1.54, 1.807) is 18.2 Å². The number of anilines is 1. The van der Waals surface area contributed by atoms with Crippen molar-refractivity contribution in [3.8, 4) is 6.07 Å². The lowest BCUT2D eigenvalue weighted by Crippen LogP contribution is -2.30. The van der Waals surface area contributed by atoms with Gasteiger partial charge in [0.15, 0.2) is 5.78 Å². The van der Waals surface area contributed by atoms with Gasteiger partial charge < -0.3 is 10.1 Å². The number of hydrogen-bond acceptors (Lipinski definition) is 4. The second kappa shape index (κ2) is 5.65. The fraction of sp³-hybridized carbons (Fsp3) is 0.429. The smallest absolute Gasteiger partial charge is 0.161 e. The predicted molar refractivity (Wildman–Crippen MR) is 68.6 cm³/mol. The summed E-state index contributed by atoms with van der Waals surface area (Å²) in [5.74, 6) is -0.00119. The van der Waals surface area contributed by atoms with Gasteiger partial charge >= 0.3 is 0 Å². The number of hydrogen-bond donors (Lipinski definition) is 1. The summed E-state index contributed by atoms with van der Waals surface area (Å²) in [7, 11) is 0. The van der Waals surface area contributed by atoms with Crippen LogP contribution in [0.3, 0.4) is 0 Å². The number of carbonyl (C=O) groups excluding carboxylic acids is 1. The minimum Gasteiger partial charge on any atom is -0.379 e. The number of nitriles is 1. The Morgan fingerprint density at radius 3 is 3.00 bits per heavy atom. The number of carbonyl (C=O) groups is 1. The summed E-state index contributed by atoms with van der Waals surface area (Å²) in [4.78, 5) is 11.6. The van der Waals surface area contributed by atoms with Gasteiger partial charge in [0.05, 0.1) is 18.2 Å². The minimum absolute atomic E-state index is 0.00119. The van der Waals surface area contributed by atoms with E-state index in [4.69, 9.17) is 10.00 Å². The second-order valence-electron chi connectivity index (χ2n) is 4.49. The number of ether oxygens (including phenoxy) is 1. The number of nitrogens with one attached hydrogen (secondary N) is 1. The van der Waals surface area contributed by atoms with Crippen LogP contribution in [-0.2, 0) is 4.74 Å². The standard InChI is InChI=1S/C14H16N2O2/c1-10(17)13-5-4-11(8-15)7-14(13)16-12-3-2-6-18-9-12/h4-5,7,12,16H,2-3,6,9H2,1H3. The number of nitrogens with zero attached hydrogens (tertiary/aromatic N) is 1. The van der Waals surface area contributed by atoms with E-state index < -0.39 is 0 Å². The summed E-state index contributed by atoms with van der Waals surface area (Å²) >= 11 is 0. The third-order valence-corrected chi connectivity index (χ3v) is 3.05. The van der Waals surface area contributed by atoms with Gasteiger partial charge in [-0.3, -0.25) is 4.79 Å². The molecule has 0 saturated carbocycles. The van der Waals surface area contributed by atoms with Crippen LogP contribution in [0.2, 0.25) is 0 Å². The zero-order valence-corrected chi connectivity index (χ0v) is 10.4. The van der Waals surface area contributed by atoms with Crippen molar-refractivity contribution < 1.29 is 9.53 Å². The summed E-state index contributed by atoms with van der Waals surface area (Å²) in [5.41, 5.74) is 1.91. The minimum atomic E-state index is -0.00119. The summed E-state index contributed by atoms with van der Waals surface area (Å²) in [6.07, 6.45) is 2.04. The molecule has 18 heavy (non-hydrogen) atoms. The van der Waals surface area contributed by atoms with Crippen LogP contribution in [0.4, 0.5) is 5.69 Å². The molecule has 1 unspecified atom stereocenters. The summed E-state index contributed by atoms with van der Waals surface area (Å²) in [6.45, 7) is 2.98. The maximum atomic E-state index is 11.6. The second-order valence-corrected chi connectivity index (χ2v) is 4.49. The molecule has 4 nitrogen and oxygen atoms in total. The van der Waals surface area contributed by atoms with Crippen LogP contribution in [0, 0.1) is 11.3 Å². The van der Waals surface area contributed by atoms with E-state index in [-0.39, 0.29) is 11.8 Å². The van der Waals surface area contributed by atoms with Gasteiger partial charge in [-0.05, 0) is 38.0 Å². The highest BCUT2D eigenvalue weighted by Crippen LogP contribution is 2.21. The van der Waals surface area contributed by atoms with Crippen molar-refractivity contribution in [1.29, 1.82) is 5.26 Å². The van der Waals surface area contributed by atoms with E-state index in [1.165, 1.54) is 6.92 Å². The summed E-state index contributed by atoms with van der Waals surface area (Å²) < 4.78 is 5.40. The molecule has 0 spiro atoms. The van der Waals surface area contributed by atoms with Crippen LogP contribution in [0.1, 0.15) is 35.7 Å². The van der Waals surface area contributed by atoms with Crippen molar-refractivity contribution in [2.45, 2.75) is 25.8 Å². The molecule has 1 atom stereocenters. The first-order valence-corrected chi connectivity index (χ1v) is 6.10. The molecule has 94 valence electrons. The Balaban J connectivity index is 2.23. The summed E-state index contributed by atoms with van der Waals surface area (Å²) in [6, 6.07) is 7.40. The molecule has 0 bridgehead atoms. The van der Waals surface area contributed by atoms with Crippen molar-refractivity contribution in [3.05, 3.63) is 29.3 Å². The maximum absolute atomic E-state index is 11.6. The Labute approximate surface area is 107 Å². The zero-order chi connectivity index (χ0) is 13.0. The molecule has 1 aliphatic rings. The van der Waals surface area contributed by atoms with Crippen LogP contribution in [0.15, 0.2) is 18.2 Å². The fourth-order valence-electron chi connectivity index (χ4n) is 2.11. The molecular weight excluding hydrogens is 228 g/mol. The highest BCUT2D eigenvalue weighted by atomic mass is 16.5. The topological polar surface area (TPSA) is 62.1 Å². The van der Waals surface area contributed by atoms with Crippen molar-refractivity contribution >= 4 is 11.5 Å². The highest BCUT2D eigenvalue weighted by molar-refractivity contribution is 5.99. The highest BCUT2D eigenvalue weighted by Gasteiger charge is 2.16. The molecule has 1 saturated heterocycles. The van der Waals surface area contributed by atoms with E-state index >= 15 is 0 Å². The lowest BCUT2D eigenvalue weighted by Gasteiger charge is -2.25. The lowest BCUT2D eigenvalue weighted by atomic mass is 10.0. The number of benzene rings is 1. The van der Waals surface area contributed by atoms with Gasteiger partial charge in [0, 0.05) is 23.9 Å². The average Bonchev–Trinajstić information content (AvgIpc) is 2.39. The van der Waals surface area contributed by atoms with Gasteiger partial charge in [0.2, 0.25) is 0 Å². The van der Waals surface area contributed by atoms with E-state index in [1.807, 2.05) is 0 Å². The van der Waals surface area contributed by atoms with Crippen LogP contribution in [0.25, 0.3) is 0 Å². The van der Waals surface area contributed by atoms with Crippen molar-refractivity contribution in [1.82, 2.24) is 0 Å². The van der Waals surface area contributed by atoms with E-state index in [9.17, 15) is 4.79 Å². The molecule has 2 rings (SSSR count). The molecule has 0 aliphatic carbocycles. The van der Waals surface area contributed by atoms with Gasteiger partial charge in [0.25, 0.3) is 0 Å². The van der Waals surface area contributed by atoms with Gasteiger partial charge in [0.1, 0.15) is 0 Å². The number of Topliss-reactive ketones (excluding diaryl/α,β-unsaturated/α-hetero) is 1. The fourth-order valence-corrected chi connectivity index (χ4v) is 2.11. The first kappa shape index (κ1) is 12.6.